The zero-order valence-corrected chi connectivity index (χ0v) is 18.7. The molecule has 2 aromatic carbocycles. The minimum atomic E-state index is -1.25. The van der Waals surface area contributed by atoms with Gasteiger partial charge in [-0.2, -0.15) is 0 Å². The summed E-state index contributed by atoms with van der Waals surface area (Å²) in [4.78, 5) is 37.6. The zero-order chi connectivity index (χ0) is 23.7. The van der Waals surface area contributed by atoms with E-state index in [9.17, 15) is 24.6 Å². The summed E-state index contributed by atoms with van der Waals surface area (Å²) < 4.78 is 6.01. The first-order valence-corrected chi connectivity index (χ1v) is 10.8. The molecule has 0 atom stereocenters. The van der Waals surface area contributed by atoms with Crippen LogP contribution in [0.3, 0.4) is 0 Å². The van der Waals surface area contributed by atoms with Crippen LogP contribution in [0.5, 0.6) is 5.75 Å². The molecule has 166 valence electrons. The number of rotatable bonds is 5. The molecule has 0 spiro atoms. The molecular formula is C23H16N2O6S2. The molecular weight excluding hydrogens is 464 g/mol. The van der Waals surface area contributed by atoms with Gasteiger partial charge in [0.05, 0.1) is 21.8 Å². The number of hydrogen-bond donors (Lipinski definition) is 3. The number of aromatic carboxylic acids is 1. The van der Waals surface area contributed by atoms with Gasteiger partial charge in [-0.1, -0.05) is 36.1 Å². The van der Waals surface area contributed by atoms with E-state index in [1.165, 1.54) is 30.0 Å². The summed E-state index contributed by atoms with van der Waals surface area (Å²) in [6.45, 7) is 1.27. The highest BCUT2D eigenvalue weighted by Crippen LogP contribution is 2.38. The predicted octanol–water partition coefficient (Wildman–Crippen LogP) is 4.71. The van der Waals surface area contributed by atoms with Gasteiger partial charge in [-0.3, -0.25) is 14.5 Å². The van der Waals surface area contributed by atoms with Crippen molar-refractivity contribution >= 4 is 63.5 Å². The van der Waals surface area contributed by atoms with Gasteiger partial charge >= 0.3 is 5.97 Å². The minimum absolute atomic E-state index is 0.108. The minimum Gasteiger partial charge on any atom is -0.508 e. The fourth-order valence-electron chi connectivity index (χ4n) is 3.21. The second-order valence-corrected chi connectivity index (χ2v) is 8.66. The Morgan fingerprint density at radius 2 is 1.94 bits per heavy atom. The van der Waals surface area contributed by atoms with Crippen molar-refractivity contribution in [1.29, 1.82) is 0 Å². The van der Waals surface area contributed by atoms with Crippen molar-refractivity contribution in [2.45, 2.75) is 6.92 Å². The van der Waals surface area contributed by atoms with Crippen molar-refractivity contribution in [3.63, 3.8) is 0 Å². The normalized spacial score (nSPS) is 14.7. The fraction of sp³-hybridized carbons (Fsp3) is 0.0435. The Morgan fingerprint density at radius 3 is 2.64 bits per heavy atom. The topological polar surface area (TPSA) is 120 Å². The number of furan rings is 1. The molecule has 1 fully saturated rings. The van der Waals surface area contributed by atoms with Crippen LogP contribution in [0.15, 0.2) is 63.9 Å². The Morgan fingerprint density at radius 1 is 1.15 bits per heavy atom. The number of carboxylic acids is 1. The summed E-state index contributed by atoms with van der Waals surface area (Å²) in [5.41, 5.74) is 0.910. The lowest BCUT2D eigenvalue weighted by Crippen LogP contribution is -2.27. The van der Waals surface area contributed by atoms with Crippen LogP contribution in [-0.2, 0) is 9.59 Å². The molecule has 1 saturated heterocycles. The lowest BCUT2D eigenvalue weighted by molar-refractivity contribution is -0.114. The number of phenolic OH excluding ortho intramolecular Hbond substituents is 1. The highest BCUT2D eigenvalue weighted by molar-refractivity contribution is 8.27. The Bertz CT molecular complexity index is 1340. The largest absolute Gasteiger partial charge is 0.508 e. The van der Waals surface area contributed by atoms with Crippen LogP contribution < -0.4 is 10.2 Å². The van der Waals surface area contributed by atoms with E-state index in [1.807, 2.05) is 0 Å². The molecule has 0 bridgehead atoms. The third-order valence-electron chi connectivity index (χ3n) is 4.63. The number of nitrogens with one attached hydrogen (secondary N) is 1. The number of benzene rings is 2. The van der Waals surface area contributed by atoms with E-state index in [1.54, 1.807) is 42.5 Å². The van der Waals surface area contributed by atoms with Gasteiger partial charge in [0.25, 0.3) is 5.91 Å². The number of phenols is 1. The van der Waals surface area contributed by atoms with Gasteiger partial charge in [0.2, 0.25) is 5.91 Å². The SMILES string of the molecule is CC(=O)Nc1ccc(N2C(=O)/C(=C\c3ccc(-c4cccc(O)c4)o3)SC2=S)cc1C(=O)O. The third kappa shape index (κ3) is 4.66. The number of nitrogens with zero attached hydrogens (tertiary/aromatic N) is 1. The second kappa shape index (κ2) is 8.93. The summed E-state index contributed by atoms with van der Waals surface area (Å²) >= 11 is 6.41. The maximum absolute atomic E-state index is 13.0. The highest BCUT2D eigenvalue weighted by atomic mass is 32.2. The van der Waals surface area contributed by atoms with Gasteiger partial charge in [-0.15, -0.1) is 0 Å². The second-order valence-electron chi connectivity index (χ2n) is 6.99. The fourth-order valence-corrected chi connectivity index (χ4v) is 4.49. The van der Waals surface area contributed by atoms with Crippen molar-refractivity contribution in [3.05, 3.63) is 70.8 Å². The van der Waals surface area contributed by atoms with E-state index in [4.69, 9.17) is 16.6 Å². The van der Waals surface area contributed by atoms with Crippen LogP contribution in [0.4, 0.5) is 11.4 Å². The monoisotopic (exact) mass is 480 g/mol. The molecule has 1 aromatic heterocycles. The quantitative estimate of drug-likeness (QED) is 0.355. The standard InChI is InChI=1S/C23H16N2O6S2/c1-12(26)24-18-7-5-14(10-17(18)22(29)30)25-21(28)20(33-23(25)32)11-16-6-8-19(31-16)13-3-2-4-15(27)9-13/h2-11,27H,1H3,(H,24,26)(H,29,30)/b20-11+. The average Bonchev–Trinajstić information content (AvgIpc) is 3.32. The number of hydrogen-bond acceptors (Lipinski definition) is 7. The van der Waals surface area contributed by atoms with E-state index in [0.29, 0.717) is 22.0 Å². The Labute approximate surface area is 197 Å². The molecule has 33 heavy (non-hydrogen) atoms. The van der Waals surface area contributed by atoms with Gasteiger partial charge in [-0.05, 0) is 42.5 Å². The number of anilines is 2. The molecule has 0 radical (unpaired) electrons. The van der Waals surface area contributed by atoms with Gasteiger partial charge in [0.1, 0.15) is 17.3 Å². The van der Waals surface area contributed by atoms with Crippen LogP contribution in [0.1, 0.15) is 23.0 Å². The Kier molecular flexibility index (Phi) is 6.03. The Balaban J connectivity index is 1.62. The predicted molar refractivity (Wildman–Crippen MR) is 129 cm³/mol. The lowest BCUT2D eigenvalue weighted by atomic mass is 10.1. The lowest BCUT2D eigenvalue weighted by Gasteiger charge is -2.16. The molecule has 1 aliphatic heterocycles. The van der Waals surface area contributed by atoms with Gasteiger partial charge in [0.15, 0.2) is 4.32 Å². The first-order chi connectivity index (χ1) is 15.7. The number of carboxylic acid groups (broad SMARTS) is 1. The zero-order valence-electron chi connectivity index (χ0n) is 17.1. The molecule has 1 aliphatic rings. The summed E-state index contributed by atoms with van der Waals surface area (Å²) in [7, 11) is 0. The van der Waals surface area contributed by atoms with Crippen LogP contribution in [0.2, 0.25) is 0 Å². The van der Waals surface area contributed by atoms with Gasteiger partial charge in [-0.25, -0.2) is 4.79 Å². The van der Waals surface area contributed by atoms with Crippen molar-refractivity contribution in [2.75, 3.05) is 10.2 Å². The number of carbonyl (C=O) groups is 3. The van der Waals surface area contributed by atoms with Crippen LogP contribution in [0.25, 0.3) is 17.4 Å². The van der Waals surface area contributed by atoms with E-state index in [2.05, 4.69) is 5.32 Å². The third-order valence-corrected chi connectivity index (χ3v) is 5.93. The first kappa shape index (κ1) is 22.3. The summed E-state index contributed by atoms with van der Waals surface area (Å²) in [5, 5.41) is 21.6. The van der Waals surface area contributed by atoms with Crippen molar-refractivity contribution in [3.8, 4) is 17.1 Å². The van der Waals surface area contributed by atoms with E-state index in [-0.39, 0.29) is 27.0 Å². The Hall–Kier alpha value is -3.89. The van der Waals surface area contributed by atoms with Crippen LogP contribution in [-0.4, -0.2) is 32.3 Å². The van der Waals surface area contributed by atoms with Crippen LogP contribution >= 0.6 is 24.0 Å². The summed E-state index contributed by atoms with van der Waals surface area (Å²) in [5.74, 6) is -1.05. The number of aromatic hydroxyl groups is 1. The molecule has 2 amide bonds. The molecule has 2 heterocycles. The number of thiocarbonyl (C=S) groups is 1. The number of thioether (sulfide) groups is 1. The number of carbonyl (C=O) groups excluding carboxylic acids is 2. The average molecular weight is 481 g/mol. The van der Waals surface area contributed by atoms with Gasteiger partial charge < -0.3 is 19.9 Å². The molecule has 4 rings (SSSR count). The molecule has 8 nitrogen and oxygen atoms in total. The van der Waals surface area contributed by atoms with Gasteiger partial charge in [0, 0.05) is 18.6 Å². The van der Waals surface area contributed by atoms with Crippen molar-refractivity contribution in [2.24, 2.45) is 0 Å². The molecule has 0 aliphatic carbocycles. The molecule has 10 heteroatoms. The highest BCUT2D eigenvalue weighted by Gasteiger charge is 2.34. The summed E-state index contributed by atoms with van der Waals surface area (Å²) in [6, 6.07) is 14.2. The maximum Gasteiger partial charge on any atom is 0.337 e. The van der Waals surface area contributed by atoms with E-state index < -0.39 is 17.8 Å². The van der Waals surface area contributed by atoms with Crippen LogP contribution in [0, 0.1) is 0 Å². The van der Waals surface area contributed by atoms with E-state index in [0.717, 1.165) is 11.8 Å². The molecule has 0 unspecified atom stereocenters. The number of amides is 2. The molecule has 3 aromatic rings. The van der Waals surface area contributed by atoms with Crippen molar-refractivity contribution < 1.29 is 29.0 Å². The molecule has 3 N–H and O–H groups in total. The maximum atomic E-state index is 13.0. The molecule has 0 saturated carbocycles. The van der Waals surface area contributed by atoms with Crippen molar-refractivity contribution in [1.82, 2.24) is 0 Å². The first-order valence-electron chi connectivity index (χ1n) is 9.55. The smallest absolute Gasteiger partial charge is 0.337 e. The van der Waals surface area contributed by atoms with E-state index >= 15 is 0 Å². The summed E-state index contributed by atoms with van der Waals surface area (Å²) in [6.07, 6.45) is 1.55.